The molecule has 0 aromatic heterocycles. The number of esters is 1. The third kappa shape index (κ3) is 4.70. The van der Waals surface area contributed by atoms with E-state index in [0.717, 1.165) is 31.4 Å². The molecule has 0 saturated carbocycles. The Morgan fingerprint density at radius 3 is 2.00 bits per heavy atom. The molecule has 6 nitrogen and oxygen atoms in total. The smallest absolute Gasteiger partial charge is 0.416 e. The zero-order valence-corrected chi connectivity index (χ0v) is 15.2. The Kier molecular flexibility index (Phi) is 5.99. The lowest BCUT2D eigenvalue weighted by Crippen LogP contribution is -2.36. The van der Waals surface area contributed by atoms with E-state index in [1.54, 1.807) is 0 Å². The average molecular weight is 403 g/mol. The highest BCUT2D eigenvalue weighted by Gasteiger charge is 2.32. The van der Waals surface area contributed by atoms with Crippen LogP contribution in [-0.4, -0.2) is 35.2 Å². The van der Waals surface area contributed by atoms with Gasteiger partial charge in [0.2, 0.25) is 0 Å². The van der Waals surface area contributed by atoms with Gasteiger partial charge in [0.25, 0.3) is 10.0 Å². The lowest BCUT2D eigenvalue weighted by Gasteiger charge is -2.24. The number of halogens is 3. The van der Waals surface area contributed by atoms with Gasteiger partial charge < -0.3 is 9.47 Å². The first-order valence-corrected chi connectivity index (χ1v) is 8.94. The Bertz CT molecular complexity index is 894. The number of ether oxygens (including phenoxy) is 2. The van der Waals surface area contributed by atoms with Crippen LogP contribution < -0.4 is 9.04 Å². The molecule has 10 heteroatoms. The number of sulfonamides is 1. The maximum Gasteiger partial charge on any atom is 0.416 e. The molecule has 0 aliphatic heterocycles. The van der Waals surface area contributed by atoms with E-state index in [-0.39, 0.29) is 10.6 Å². The van der Waals surface area contributed by atoms with Crippen LogP contribution in [0.1, 0.15) is 5.56 Å². The number of hydrogen-bond donors (Lipinski definition) is 0. The summed E-state index contributed by atoms with van der Waals surface area (Å²) >= 11 is 0. The van der Waals surface area contributed by atoms with Gasteiger partial charge in [-0.3, -0.25) is 9.10 Å². The minimum absolute atomic E-state index is 0.107. The van der Waals surface area contributed by atoms with Crippen LogP contribution in [0.2, 0.25) is 0 Å². The van der Waals surface area contributed by atoms with Crippen LogP contribution in [0, 0.1) is 0 Å². The maximum atomic E-state index is 12.9. The van der Waals surface area contributed by atoms with Crippen LogP contribution in [-0.2, 0) is 25.7 Å². The van der Waals surface area contributed by atoms with Crippen LogP contribution in [0.4, 0.5) is 18.9 Å². The average Bonchev–Trinajstić information content (AvgIpc) is 2.65. The summed E-state index contributed by atoms with van der Waals surface area (Å²) in [5, 5.41) is 0. The summed E-state index contributed by atoms with van der Waals surface area (Å²) in [7, 11) is -1.75. The molecule has 0 amide bonds. The second-order valence-electron chi connectivity index (χ2n) is 5.31. The van der Waals surface area contributed by atoms with Crippen molar-refractivity contribution in [2.75, 3.05) is 25.1 Å². The number of anilines is 1. The lowest BCUT2D eigenvalue weighted by molar-refractivity contribution is -0.139. The van der Waals surface area contributed by atoms with Crippen molar-refractivity contribution < 1.29 is 35.9 Å². The molecule has 0 spiro atoms. The number of hydrogen-bond acceptors (Lipinski definition) is 5. The molecule has 2 aromatic carbocycles. The highest BCUT2D eigenvalue weighted by atomic mass is 32.2. The SMILES string of the molecule is COC(=O)CN(c1ccc(C(F)(F)F)cc1)S(=O)(=O)c1ccc(OC)cc1. The molecule has 0 fully saturated rings. The number of rotatable bonds is 6. The van der Waals surface area contributed by atoms with E-state index in [1.165, 1.54) is 31.4 Å². The van der Waals surface area contributed by atoms with Gasteiger partial charge in [0.05, 0.1) is 30.4 Å². The van der Waals surface area contributed by atoms with Crippen molar-refractivity contribution in [3.8, 4) is 5.75 Å². The van der Waals surface area contributed by atoms with Crippen LogP contribution >= 0.6 is 0 Å². The van der Waals surface area contributed by atoms with Crippen molar-refractivity contribution in [3.63, 3.8) is 0 Å². The minimum Gasteiger partial charge on any atom is -0.497 e. The van der Waals surface area contributed by atoms with Gasteiger partial charge in [-0.1, -0.05) is 0 Å². The Morgan fingerprint density at radius 2 is 1.56 bits per heavy atom. The van der Waals surface area contributed by atoms with Gasteiger partial charge in [-0.25, -0.2) is 8.42 Å². The number of carbonyl (C=O) groups is 1. The normalized spacial score (nSPS) is 11.7. The van der Waals surface area contributed by atoms with Crippen molar-refractivity contribution in [3.05, 3.63) is 54.1 Å². The second kappa shape index (κ2) is 7.87. The van der Waals surface area contributed by atoms with Gasteiger partial charge in [-0.05, 0) is 48.5 Å². The van der Waals surface area contributed by atoms with Crippen molar-refractivity contribution in [2.24, 2.45) is 0 Å². The zero-order valence-electron chi connectivity index (χ0n) is 14.4. The predicted octanol–water partition coefficient (Wildman–Crippen LogP) is 3.08. The van der Waals surface area contributed by atoms with E-state index in [2.05, 4.69) is 4.74 Å². The molecule has 0 N–H and O–H groups in total. The second-order valence-corrected chi connectivity index (χ2v) is 7.17. The van der Waals surface area contributed by atoms with Crippen molar-refractivity contribution >= 4 is 21.7 Å². The summed E-state index contributed by atoms with van der Waals surface area (Å²) in [6.07, 6.45) is -4.57. The Hall–Kier alpha value is -2.75. The topological polar surface area (TPSA) is 72.9 Å². The van der Waals surface area contributed by atoms with Gasteiger partial charge in [-0.15, -0.1) is 0 Å². The summed E-state index contributed by atoms with van der Waals surface area (Å²) in [5.41, 5.74) is -1.05. The highest BCUT2D eigenvalue weighted by Crippen LogP contribution is 2.32. The van der Waals surface area contributed by atoms with Gasteiger partial charge in [0.15, 0.2) is 0 Å². The predicted molar refractivity (Wildman–Crippen MR) is 91.0 cm³/mol. The largest absolute Gasteiger partial charge is 0.497 e. The van der Waals surface area contributed by atoms with Crippen LogP contribution in [0.25, 0.3) is 0 Å². The van der Waals surface area contributed by atoms with Crippen LogP contribution in [0.15, 0.2) is 53.4 Å². The molecule has 27 heavy (non-hydrogen) atoms. The van der Waals surface area contributed by atoms with E-state index in [9.17, 15) is 26.4 Å². The molecular weight excluding hydrogens is 387 g/mol. The Balaban J connectivity index is 2.48. The molecule has 0 bridgehead atoms. The quantitative estimate of drug-likeness (QED) is 0.693. The van der Waals surface area contributed by atoms with E-state index in [4.69, 9.17) is 4.74 Å². The molecule has 0 heterocycles. The first kappa shape index (κ1) is 20.6. The van der Waals surface area contributed by atoms with Gasteiger partial charge in [0, 0.05) is 0 Å². The number of benzene rings is 2. The van der Waals surface area contributed by atoms with Crippen LogP contribution in [0.5, 0.6) is 5.75 Å². The molecule has 0 radical (unpaired) electrons. The van der Waals surface area contributed by atoms with E-state index < -0.39 is 34.3 Å². The Morgan fingerprint density at radius 1 is 1.00 bits per heavy atom. The van der Waals surface area contributed by atoms with Gasteiger partial charge in [0.1, 0.15) is 12.3 Å². The van der Waals surface area contributed by atoms with Crippen molar-refractivity contribution in [1.82, 2.24) is 0 Å². The molecule has 0 saturated heterocycles. The molecule has 0 aliphatic carbocycles. The molecule has 0 atom stereocenters. The first-order chi connectivity index (χ1) is 12.6. The number of methoxy groups -OCH3 is 2. The van der Waals surface area contributed by atoms with Crippen molar-refractivity contribution in [2.45, 2.75) is 11.1 Å². The highest BCUT2D eigenvalue weighted by molar-refractivity contribution is 7.92. The number of carbonyl (C=O) groups excluding carboxylic acids is 1. The van der Waals surface area contributed by atoms with Crippen molar-refractivity contribution in [1.29, 1.82) is 0 Å². The number of alkyl halides is 3. The molecule has 0 unspecified atom stereocenters. The third-order valence-corrected chi connectivity index (χ3v) is 5.42. The monoisotopic (exact) mass is 403 g/mol. The fraction of sp³-hybridized carbons (Fsp3) is 0.235. The molecule has 2 rings (SSSR count). The summed E-state index contributed by atoms with van der Waals surface area (Å²) < 4.78 is 74.2. The molecular formula is C17H16F3NO5S. The lowest BCUT2D eigenvalue weighted by atomic mass is 10.2. The van der Waals surface area contributed by atoms with E-state index in [0.29, 0.717) is 10.1 Å². The summed E-state index contributed by atoms with van der Waals surface area (Å²) in [6, 6.07) is 8.79. The maximum absolute atomic E-state index is 12.9. The fourth-order valence-corrected chi connectivity index (χ4v) is 3.60. The first-order valence-electron chi connectivity index (χ1n) is 7.50. The Labute approximate surface area is 154 Å². The van der Waals surface area contributed by atoms with Gasteiger partial charge >= 0.3 is 12.1 Å². The zero-order chi connectivity index (χ0) is 20.2. The fourth-order valence-electron chi connectivity index (χ4n) is 2.19. The standard InChI is InChI=1S/C17H16F3NO5S/c1-25-14-7-9-15(10-8-14)27(23,24)21(11-16(22)26-2)13-5-3-12(4-6-13)17(18,19)20/h3-10H,11H2,1-2H3. The third-order valence-electron chi connectivity index (χ3n) is 3.63. The van der Waals surface area contributed by atoms with Crippen LogP contribution in [0.3, 0.4) is 0 Å². The summed E-state index contributed by atoms with van der Waals surface area (Å²) in [4.78, 5) is 11.5. The minimum atomic E-state index is -4.57. The summed E-state index contributed by atoms with van der Waals surface area (Å²) in [6.45, 7) is -0.698. The van der Waals surface area contributed by atoms with Gasteiger partial charge in [-0.2, -0.15) is 13.2 Å². The molecule has 2 aromatic rings. The molecule has 0 aliphatic rings. The molecule has 146 valence electrons. The number of nitrogens with zero attached hydrogens (tertiary/aromatic N) is 1. The van der Waals surface area contributed by atoms with E-state index >= 15 is 0 Å². The summed E-state index contributed by atoms with van der Waals surface area (Å²) in [5.74, 6) is -0.449. The van der Waals surface area contributed by atoms with E-state index in [1.807, 2.05) is 0 Å².